The van der Waals surface area contributed by atoms with Crippen LogP contribution in [0.4, 0.5) is 0 Å². The number of benzene rings is 1. The maximum absolute atomic E-state index is 12.4. The molecule has 0 bridgehead atoms. The number of imidazole rings is 1. The van der Waals surface area contributed by atoms with Gasteiger partial charge < -0.3 is 14.6 Å². The lowest BCUT2D eigenvalue weighted by molar-refractivity contribution is 0.0691. The number of aromatic amines is 2. The SMILES string of the molecule is O=C(O)c1cn2c(n1)c(=O)[nH]c1c3ccccc3c(=Cc3cc(=O)[nH]o3)c12. The van der Waals surface area contributed by atoms with Gasteiger partial charge in [0.2, 0.25) is 5.65 Å². The molecule has 0 atom stereocenters. The molecule has 132 valence electrons. The molecule has 0 radical (unpaired) electrons. The van der Waals surface area contributed by atoms with Gasteiger partial charge in [0.15, 0.2) is 11.5 Å². The fourth-order valence-corrected chi connectivity index (χ4v) is 3.34. The number of hydrogen-bond donors (Lipinski definition) is 3. The van der Waals surface area contributed by atoms with Crippen LogP contribution < -0.4 is 16.3 Å². The minimum Gasteiger partial charge on any atom is -0.476 e. The summed E-state index contributed by atoms with van der Waals surface area (Å²) < 4.78 is 6.58. The highest BCUT2D eigenvalue weighted by molar-refractivity contribution is 6.10. The molecule has 5 rings (SSSR count). The lowest BCUT2D eigenvalue weighted by Gasteiger charge is -1.97. The summed E-state index contributed by atoms with van der Waals surface area (Å²) in [4.78, 5) is 41.8. The zero-order valence-electron chi connectivity index (χ0n) is 13.5. The van der Waals surface area contributed by atoms with Crippen LogP contribution in [0.15, 0.2) is 50.6 Å². The van der Waals surface area contributed by atoms with E-state index in [-0.39, 0.29) is 16.9 Å². The average Bonchev–Trinajstić information content (AvgIpc) is 3.33. The first-order valence-electron chi connectivity index (χ1n) is 7.92. The number of H-pyrrole nitrogens is 2. The molecule has 0 fully saturated rings. The predicted molar refractivity (Wildman–Crippen MR) is 95.9 cm³/mol. The highest BCUT2D eigenvalue weighted by Crippen LogP contribution is 2.22. The first kappa shape index (κ1) is 15.1. The standard InChI is InChI=1S/C18H10N4O5/c23-13-6-8(27-21-13)5-11-9-3-1-2-4-10(9)14-15(11)22-7-12(18(25)26)19-16(22)17(24)20-14/h1-7H,(H,20,24)(H,21,23)(H,25,26). The third-order valence-electron chi connectivity index (χ3n) is 4.42. The molecule has 0 aliphatic heterocycles. The second kappa shape index (κ2) is 5.18. The summed E-state index contributed by atoms with van der Waals surface area (Å²) in [5, 5.41) is 13.7. The molecule has 3 aromatic heterocycles. The van der Waals surface area contributed by atoms with Gasteiger partial charge in [-0.3, -0.25) is 14.0 Å². The lowest BCUT2D eigenvalue weighted by Crippen LogP contribution is -2.13. The summed E-state index contributed by atoms with van der Waals surface area (Å²) >= 11 is 0. The van der Waals surface area contributed by atoms with Crippen molar-refractivity contribution in [3.63, 3.8) is 0 Å². The van der Waals surface area contributed by atoms with Crippen molar-refractivity contribution in [2.24, 2.45) is 0 Å². The summed E-state index contributed by atoms with van der Waals surface area (Å²) in [7, 11) is 0. The number of hydrogen-bond acceptors (Lipinski definition) is 5. The molecule has 0 spiro atoms. The Labute approximate surface area is 148 Å². The predicted octanol–water partition coefficient (Wildman–Crippen LogP) is 0.856. The maximum atomic E-state index is 12.4. The number of aromatic nitrogens is 4. The number of nitrogens with zero attached hydrogens (tertiary/aromatic N) is 2. The second-order valence-corrected chi connectivity index (χ2v) is 6.02. The molecule has 0 unspecified atom stereocenters. The van der Waals surface area contributed by atoms with Crippen molar-refractivity contribution >= 4 is 39.5 Å². The Balaban J connectivity index is 2.07. The minimum absolute atomic E-state index is 0.0274. The molecule has 2 aromatic carbocycles. The van der Waals surface area contributed by atoms with E-state index in [0.29, 0.717) is 22.0 Å². The van der Waals surface area contributed by atoms with Crippen LogP contribution in [0.1, 0.15) is 16.2 Å². The molecule has 3 heterocycles. The van der Waals surface area contributed by atoms with Crippen LogP contribution in [-0.2, 0) is 0 Å². The van der Waals surface area contributed by atoms with Gasteiger partial charge in [-0.2, -0.15) is 5.16 Å². The molecule has 3 N–H and O–H groups in total. The van der Waals surface area contributed by atoms with Gasteiger partial charge in [-0.15, -0.1) is 0 Å². The zero-order chi connectivity index (χ0) is 18.7. The van der Waals surface area contributed by atoms with E-state index in [9.17, 15) is 19.5 Å². The number of carbonyl (C=O) groups is 1. The van der Waals surface area contributed by atoms with Crippen LogP contribution in [0.2, 0.25) is 0 Å². The fraction of sp³-hybridized carbons (Fsp3) is 0. The second-order valence-electron chi connectivity index (χ2n) is 6.02. The number of fused-ring (bicyclic) bond motifs is 5. The number of carboxylic acid groups (broad SMARTS) is 1. The van der Waals surface area contributed by atoms with Crippen LogP contribution in [-0.4, -0.2) is 30.6 Å². The Morgan fingerprint density at radius 2 is 2.00 bits per heavy atom. The Morgan fingerprint density at radius 1 is 1.22 bits per heavy atom. The van der Waals surface area contributed by atoms with Crippen molar-refractivity contribution < 1.29 is 14.4 Å². The summed E-state index contributed by atoms with van der Waals surface area (Å²) in [6, 6.07) is 8.69. The monoisotopic (exact) mass is 362 g/mol. The molecular weight excluding hydrogens is 352 g/mol. The maximum Gasteiger partial charge on any atom is 0.356 e. The number of nitrogens with one attached hydrogen (secondary N) is 2. The van der Waals surface area contributed by atoms with Gasteiger partial charge >= 0.3 is 5.97 Å². The third-order valence-corrected chi connectivity index (χ3v) is 4.42. The molecule has 9 nitrogen and oxygen atoms in total. The van der Waals surface area contributed by atoms with E-state index in [4.69, 9.17) is 4.52 Å². The molecule has 27 heavy (non-hydrogen) atoms. The van der Waals surface area contributed by atoms with E-state index in [1.165, 1.54) is 16.7 Å². The first-order valence-corrected chi connectivity index (χ1v) is 7.92. The van der Waals surface area contributed by atoms with Crippen molar-refractivity contribution in [2.45, 2.75) is 0 Å². The van der Waals surface area contributed by atoms with E-state index < -0.39 is 11.5 Å². The Hall–Kier alpha value is -4.14. The van der Waals surface area contributed by atoms with E-state index in [1.54, 1.807) is 6.08 Å². The molecule has 0 amide bonds. The Morgan fingerprint density at radius 3 is 2.70 bits per heavy atom. The topological polar surface area (TPSA) is 133 Å². The van der Waals surface area contributed by atoms with E-state index in [2.05, 4.69) is 15.1 Å². The van der Waals surface area contributed by atoms with Crippen molar-refractivity contribution in [1.29, 1.82) is 0 Å². The van der Waals surface area contributed by atoms with Gasteiger partial charge in [-0.05, 0) is 11.5 Å². The Kier molecular flexibility index (Phi) is 2.90. The van der Waals surface area contributed by atoms with Crippen LogP contribution in [0.5, 0.6) is 0 Å². The molecule has 9 heteroatoms. The zero-order valence-corrected chi connectivity index (χ0v) is 13.5. The molecular formula is C18H10N4O5. The van der Waals surface area contributed by atoms with E-state index >= 15 is 0 Å². The van der Waals surface area contributed by atoms with Gasteiger partial charge in [-0.25, -0.2) is 9.78 Å². The minimum atomic E-state index is -1.23. The molecule has 0 aliphatic carbocycles. The quantitative estimate of drug-likeness (QED) is 0.426. The van der Waals surface area contributed by atoms with Crippen LogP contribution >= 0.6 is 0 Å². The summed E-state index contributed by atoms with van der Waals surface area (Å²) in [5.74, 6) is -0.930. The van der Waals surface area contributed by atoms with Crippen molar-refractivity contribution in [1.82, 2.24) is 19.5 Å². The van der Waals surface area contributed by atoms with Gasteiger partial charge in [0.25, 0.3) is 11.1 Å². The third kappa shape index (κ3) is 2.11. The number of rotatable bonds is 2. The Bertz CT molecular complexity index is 1550. The van der Waals surface area contributed by atoms with E-state index in [0.717, 1.165) is 10.8 Å². The smallest absolute Gasteiger partial charge is 0.356 e. The van der Waals surface area contributed by atoms with Gasteiger partial charge in [0.05, 0.1) is 17.1 Å². The summed E-state index contributed by atoms with van der Waals surface area (Å²) in [6.07, 6.45) is 2.96. The molecule has 0 aliphatic rings. The fourth-order valence-electron chi connectivity index (χ4n) is 3.34. The number of aromatic carboxylic acids is 1. The van der Waals surface area contributed by atoms with Gasteiger partial charge in [0.1, 0.15) is 0 Å². The summed E-state index contributed by atoms with van der Waals surface area (Å²) in [6.45, 7) is 0. The van der Waals surface area contributed by atoms with Crippen LogP contribution in [0, 0.1) is 0 Å². The molecule has 0 saturated carbocycles. The average molecular weight is 362 g/mol. The van der Waals surface area contributed by atoms with Crippen molar-refractivity contribution in [3.8, 4) is 0 Å². The first-order chi connectivity index (χ1) is 13.0. The largest absolute Gasteiger partial charge is 0.476 e. The summed E-state index contributed by atoms with van der Waals surface area (Å²) in [5.41, 5.74) is -0.0322. The van der Waals surface area contributed by atoms with Gasteiger partial charge in [-0.1, -0.05) is 24.3 Å². The van der Waals surface area contributed by atoms with Crippen molar-refractivity contribution in [3.05, 3.63) is 73.9 Å². The normalized spacial score (nSPS) is 12.5. The van der Waals surface area contributed by atoms with Crippen molar-refractivity contribution in [2.75, 3.05) is 0 Å². The van der Waals surface area contributed by atoms with E-state index in [1.807, 2.05) is 24.3 Å². The molecule has 0 saturated heterocycles. The highest BCUT2D eigenvalue weighted by atomic mass is 16.5. The van der Waals surface area contributed by atoms with Crippen LogP contribution in [0.3, 0.4) is 0 Å². The molecule has 5 aromatic rings. The van der Waals surface area contributed by atoms with Gasteiger partial charge in [0, 0.05) is 16.8 Å². The number of carboxylic acids is 1. The highest BCUT2D eigenvalue weighted by Gasteiger charge is 2.17. The lowest BCUT2D eigenvalue weighted by atomic mass is 10.2. The van der Waals surface area contributed by atoms with Crippen LogP contribution in [0.25, 0.3) is 33.5 Å².